The highest BCUT2D eigenvalue weighted by molar-refractivity contribution is 5.92. The molecule has 58 valence electrons. The van der Waals surface area contributed by atoms with Gasteiger partial charge in [-0.05, 0) is 13.3 Å². The molecule has 1 amide bonds. The van der Waals surface area contributed by atoms with Crippen LogP contribution in [0.5, 0.6) is 0 Å². The fraction of sp³-hybridized carbons (Fsp3) is 0.571. The van der Waals surface area contributed by atoms with Crippen molar-refractivity contribution < 1.29 is 4.79 Å². The van der Waals surface area contributed by atoms with Crippen molar-refractivity contribution >= 4 is 5.91 Å². The van der Waals surface area contributed by atoms with E-state index in [9.17, 15) is 4.79 Å². The summed E-state index contributed by atoms with van der Waals surface area (Å²) in [5.74, 6) is -0.172. The van der Waals surface area contributed by atoms with Gasteiger partial charge in [-0.1, -0.05) is 13.5 Å². The Morgan fingerprint density at radius 1 is 1.80 bits per heavy atom. The minimum Gasteiger partial charge on any atom is -0.337 e. The van der Waals surface area contributed by atoms with E-state index < -0.39 is 0 Å². The van der Waals surface area contributed by atoms with Gasteiger partial charge in [-0.25, -0.2) is 0 Å². The summed E-state index contributed by atoms with van der Waals surface area (Å²) in [6.07, 6.45) is 0.489. The first-order chi connectivity index (χ1) is 4.57. The van der Waals surface area contributed by atoms with Gasteiger partial charge in [-0.3, -0.25) is 4.79 Å². The number of carbonyl (C=O) groups is 1. The van der Waals surface area contributed by atoms with Crippen molar-refractivity contribution in [1.29, 1.82) is 0 Å². The van der Waals surface area contributed by atoms with Crippen LogP contribution >= 0.6 is 0 Å². The zero-order chi connectivity index (χ0) is 8.15. The SMILES string of the molecule is C=C(C)C(=O)NC(N)CC. The molecule has 0 bridgehead atoms. The number of hydrogen-bond donors (Lipinski definition) is 2. The van der Waals surface area contributed by atoms with Gasteiger partial charge in [0.25, 0.3) is 0 Å². The normalized spacial score (nSPS) is 12.3. The fourth-order valence-electron chi connectivity index (χ4n) is 0.394. The number of carbonyl (C=O) groups excluding carboxylic acids is 1. The van der Waals surface area contributed by atoms with E-state index in [4.69, 9.17) is 5.73 Å². The lowest BCUT2D eigenvalue weighted by Crippen LogP contribution is -2.41. The highest BCUT2D eigenvalue weighted by atomic mass is 16.1. The number of nitrogens with two attached hydrogens (primary N) is 1. The number of amides is 1. The van der Waals surface area contributed by atoms with E-state index in [1.807, 2.05) is 6.92 Å². The molecule has 0 rings (SSSR count). The van der Waals surface area contributed by atoms with Gasteiger partial charge in [0.05, 0.1) is 6.17 Å². The van der Waals surface area contributed by atoms with Crippen LogP contribution in [-0.4, -0.2) is 12.1 Å². The van der Waals surface area contributed by atoms with E-state index in [0.29, 0.717) is 5.57 Å². The zero-order valence-corrected chi connectivity index (χ0v) is 6.48. The standard InChI is InChI=1S/C7H14N2O/c1-4-6(8)9-7(10)5(2)3/h6H,2,4,8H2,1,3H3,(H,9,10). The highest BCUT2D eigenvalue weighted by Crippen LogP contribution is 1.87. The maximum Gasteiger partial charge on any atom is 0.247 e. The highest BCUT2D eigenvalue weighted by Gasteiger charge is 2.04. The molecule has 1 atom stereocenters. The van der Waals surface area contributed by atoms with Crippen molar-refractivity contribution in [1.82, 2.24) is 5.32 Å². The summed E-state index contributed by atoms with van der Waals surface area (Å²) in [5, 5.41) is 2.57. The Bertz CT molecular complexity index is 143. The van der Waals surface area contributed by atoms with Crippen molar-refractivity contribution in [2.45, 2.75) is 26.4 Å². The molecule has 0 aromatic heterocycles. The van der Waals surface area contributed by atoms with Crippen molar-refractivity contribution in [2.24, 2.45) is 5.73 Å². The number of rotatable bonds is 3. The summed E-state index contributed by atoms with van der Waals surface area (Å²) in [4.78, 5) is 10.8. The van der Waals surface area contributed by atoms with E-state index in [1.54, 1.807) is 6.92 Å². The molecule has 0 aromatic rings. The van der Waals surface area contributed by atoms with E-state index >= 15 is 0 Å². The average Bonchev–Trinajstić information content (AvgIpc) is 1.87. The van der Waals surface area contributed by atoms with Crippen LogP contribution in [0.1, 0.15) is 20.3 Å². The molecule has 0 heterocycles. The van der Waals surface area contributed by atoms with Crippen LogP contribution < -0.4 is 11.1 Å². The van der Waals surface area contributed by atoms with Crippen LogP contribution in [0.3, 0.4) is 0 Å². The van der Waals surface area contributed by atoms with Gasteiger partial charge < -0.3 is 11.1 Å². The third-order valence-corrected chi connectivity index (χ3v) is 1.14. The van der Waals surface area contributed by atoms with Crippen LogP contribution in [0.25, 0.3) is 0 Å². The van der Waals surface area contributed by atoms with Gasteiger partial charge in [0.1, 0.15) is 0 Å². The summed E-state index contributed by atoms with van der Waals surface area (Å²) < 4.78 is 0. The minimum absolute atomic E-state index is 0.172. The monoisotopic (exact) mass is 142 g/mol. The van der Waals surface area contributed by atoms with E-state index in [-0.39, 0.29) is 12.1 Å². The topological polar surface area (TPSA) is 55.1 Å². The number of nitrogens with one attached hydrogen (secondary N) is 1. The number of hydrogen-bond acceptors (Lipinski definition) is 2. The molecule has 3 heteroatoms. The molecule has 10 heavy (non-hydrogen) atoms. The Morgan fingerprint density at radius 2 is 2.30 bits per heavy atom. The molecular formula is C7H14N2O. The summed E-state index contributed by atoms with van der Waals surface area (Å²) in [7, 11) is 0. The predicted octanol–water partition coefficient (Wildman–Crippen LogP) is 0.373. The molecule has 1 unspecified atom stereocenters. The van der Waals surface area contributed by atoms with Crippen molar-refractivity contribution in [3.05, 3.63) is 12.2 Å². The van der Waals surface area contributed by atoms with E-state index in [1.165, 1.54) is 0 Å². The largest absolute Gasteiger partial charge is 0.337 e. The minimum atomic E-state index is -0.246. The zero-order valence-electron chi connectivity index (χ0n) is 6.48. The molecule has 0 aromatic carbocycles. The Labute approximate surface area is 61.3 Å². The lowest BCUT2D eigenvalue weighted by Gasteiger charge is -2.10. The van der Waals surface area contributed by atoms with Gasteiger partial charge in [-0.2, -0.15) is 0 Å². The third-order valence-electron chi connectivity index (χ3n) is 1.14. The van der Waals surface area contributed by atoms with Crippen LogP contribution in [0, 0.1) is 0 Å². The van der Waals surface area contributed by atoms with Crippen LogP contribution in [-0.2, 0) is 4.79 Å². The van der Waals surface area contributed by atoms with Crippen molar-refractivity contribution in [3.8, 4) is 0 Å². The molecule has 0 aliphatic carbocycles. The Kier molecular flexibility index (Phi) is 3.72. The molecule has 3 N–H and O–H groups in total. The third kappa shape index (κ3) is 3.25. The Balaban J connectivity index is 3.68. The second-order valence-corrected chi connectivity index (χ2v) is 2.27. The second kappa shape index (κ2) is 4.06. The van der Waals surface area contributed by atoms with Crippen LogP contribution in [0.2, 0.25) is 0 Å². The lowest BCUT2D eigenvalue weighted by molar-refractivity contribution is -0.118. The van der Waals surface area contributed by atoms with E-state index in [0.717, 1.165) is 6.42 Å². The van der Waals surface area contributed by atoms with Gasteiger partial charge >= 0.3 is 0 Å². The van der Waals surface area contributed by atoms with Gasteiger partial charge in [0.2, 0.25) is 5.91 Å². The first-order valence-corrected chi connectivity index (χ1v) is 3.30. The first kappa shape index (κ1) is 9.17. The quantitative estimate of drug-likeness (QED) is 0.442. The summed E-state index contributed by atoms with van der Waals surface area (Å²) >= 11 is 0. The summed E-state index contributed by atoms with van der Waals surface area (Å²) in [5.41, 5.74) is 5.93. The molecular weight excluding hydrogens is 128 g/mol. The molecule has 0 fully saturated rings. The first-order valence-electron chi connectivity index (χ1n) is 3.30. The maximum atomic E-state index is 10.8. The average molecular weight is 142 g/mol. The fourth-order valence-corrected chi connectivity index (χ4v) is 0.394. The molecule has 0 radical (unpaired) electrons. The second-order valence-electron chi connectivity index (χ2n) is 2.27. The molecule has 0 aliphatic heterocycles. The van der Waals surface area contributed by atoms with Crippen LogP contribution in [0.4, 0.5) is 0 Å². The van der Waals surface area contributed by atoms with Gasteiger partial charge in [0.15, 0.2) is 0 Å². The summed E-state index contributed by atoms with van der Waals surface area (Å²) in [6.45, 7) is 7.03. The Hall–Kier alpha value is -0.830. The van der Waals surface area contributed by atoms with Crippen molar-refractivity contribution in [3.63, 3.8) is 0 Å². The molecule has 0 spiro atoms. The molecule has 0 saturated heterocycles. The van der Waals surface area contributed by atoms with E-state index in [2.05, 4.69) is 11.9 Å². The lowest BCUT2D eigenvalue weighted by atomic mass is 10.3. The van der Waals surface area contributed by atoms with Gasteiger partial charge in [0, 0.05) is 5.57 Å². The van der Waals surface area contributed by atoms with Crippen LogP contribution in [0.15, 0.2) is 12.2 Å². The maximum absolute atomic E-state index is 10.8. The smallest absolute Gasteiger partial charge is 0.247 e. The molecule has 0 saturated carbocycles. The molecule has 0 aliphatic rings. The Morgan fingerprint density at radius 3 is 2.60 bits per heavy atom. The molecule has 3 nitrogen and oxygen atoms in total. The summed E-state index contributed by atoms with van der Waals surface area (Å²) in [6, 6.07) is 0. The van der Waals surface area contributed by atoms with Gasteiger partial charge in [-0.15, -0.1) is 0 Å². The van der Waals surface area contributed by atoms with Crippen molar-refractivity contribution in [2.75, 3.05) is 0 Å². The predicted molar refractivity (Wildman–Crippen MR) is 41.2 cm³/mol.